The van der Waals surface area contributed by atoms with Crippen molar-refractivity contribution in [3.63, 3.8) is 0 Å². The highest BCUT2D eigenvalue weighted by atomic mass is 16.5. The molecule has 2 fully saturated rings. The van der Waals surface area contributed by atoms with Crippen LogP contribution in [0.15, 0.2) is 36.7 Å². The fourth-order valence-electron chi connectivity index (χ4n) is 4.76. The summed E-state index contributed by atoms with van der Waals surface area (Å²) in [6, 6.07) is 9.92. The summed E-state index contributed by atoms with van der Waals surface area (Å²) in [7, 11) is 1.67. The van der Waals surface area contributed by atoms with Crippen LogP contribution in [-0.4, -0.2) is 63.6 Å². The van der Waals surface area contributed by atoms with Gasteiger partial charge < -0.3 is 14.5 Å². The molecule has 1 saturated heterocycles. The predicted molar refractivity (Wildman–Crippen MR) is 126 cm³/mol. The van der Waals surface area contributed by atoms with Crippen LogP contribution >= 0.6 is 0 Å². The lowest BCUT2D eigenvalue weighted by molar-refractivity contribution is -0.134. The third kappa shape index (κ3) is 3.73. The number of rotatable bonds is 5. The maximum absolute atomic E-state index is 13.5. The quantitative estimate of drug-likeness (QED) is 0.600. The van der Waals surface area contributed by atoms with Crippen LogP contribution < -0.4 is 9.64 Å². The Balaban J connectivity index is 1.32. The number of para-hydroxylation sites is 1. The van der Waals surface area contributed by atoms with E-state index in [4.69, 9.17) is 4.74 Å². The summed E-state index contributed by atoms with van der Waals surface area (Å²) in [6.45, 7) is 8.79. The van der Waals surface area contributed by atoms with E-state index in [1.165, 1.54) is 0 Å². The molecule has 0 N–H and O–H groups in total. The first-order valence-electron chi connectivity index (χ1n) is 11.5. The minimum absolute atomic E-state index is 0.218. The van der Waals surface area contributed by atoms with Crippen molar-refractivity contribution in [1.29, 1.82) is 0 Å². The van der Waals surface area contributed by atoms with Gasteiger partial charge in [-0.25, -0.2) is 15.0 Å². The molecule has 8 heteroatoms. The second-order valence-corrected chi connectivity index (χ2v) is 8.98. The molecule has 5 rings (SSSR count). The zero-order valence-corrected chi connectivity index (χ0v) is 19.7. The van der Waals surface area contributed by atoms with Crippen molar-refractivity contribution >= 4 is 11.7 Å². The molecule has 0 bridgehead atoms. The second kappa shape index (κ2) is 8.17. The van der Waals surface area contributed by atoms with Crippen molar-refractivity contribution in [3.8, 4) is 11.6 Å². The highest BCUT2D eigenvalue weighted by Gasteiger charge is 2.54. The van der Waals surface area contributed by atoms with E-state index in [2.05, 4.69) is 19.9 Å². The predicted octanol–water partition coefficient (Wildman–Crippen LogP) is 2.98. The SMILES string of the molecule is COc1ccccc1C1(C(=O)N2CCN(c3cc(-n4cnc(C)c4C)nc(C)n3)CC2)CC1. The van der Waals surface area contributed by atoms with Crippen LogP contribution in [0.25, 0.3) is 5.82 Å². The molecule has 0 spiro atoms. The summed E-state index contributed by atoms with van der Waals surface area (Å²) in [5.41, 5.74) is 2.65. The molecule has 8 nitrogen and oxygen atoms in total. The number of benzene rings is 1. The number of hydrogen-bond donors (Lipinski definition) is 0. The number of hydrogen-bond acceptors (Lipinski definition) is 6. The highest BCUT2D eigenvalue weighted by molar-refractivity contribution is 5.92. The van der Waals surface area contributed by atoms with E-state index in [1.807, 2.05) is 60.6 Å². The molecule has 1 saturated carbocycles. The average molecular weight is 447 g/mol. The Hall–Kier alpha value is -3.42. The molecule has 0 atom stereocenters. The molecule has 0 unspecified atom stereocenters. The van der Waals surface area contributed by atoms with Crippen LogP contribution in [0.2, 0.25) is 0 Å². The van der Waals surface area contributed by atoms with Crippen LogP contribution in [0.1, 0.15) is 35.6 Å². The lowest BCUT2D eigenvalue weighted by Crippen LogP contribution is -2.52. The molecule has 172 valence electrons. The minimum atomic E-state index is -0.426. The maximum Gasteiger partial charge on any atom is 0.233 e. The van der Waals surface area contributed by atoms with Gasteiger partial charge in [-0.2, -0.15) is 0 Å². The van der Waals surface area contributed by atoms with Crippen molar-refractivity contribution in [2.24, 2.45) is 0 Å². The van der Waals surface area contributed by atoms with Crippen LogP contribution in [0.3, 0.4) is 0 Å². The van der Waals surface area contributed by atoms with Gasteiger partial charge in [-0.15, -0.1) is 0 Å². The van der Waals surface area contributed by atoms with Crippen molar-refractivity contribution in [3.05, 3.63) is 59.4 Å². The van der Waals surface area contributed by atoms with Crippen molar-refractivity contribution < 1.29 is 9.53 Å². The number of methoxy groups -OCH3 is 1. The van der Waals surface area contributed by atoms with Crippen LogP contribution in [0.4, 0.5) is 5.82 Å². The Labute approximate surface area is 194 Å². The Morgan fingerprint density at radius 1 is 1.00 bits per heavy atom. The molecular weight excluding hydrogens is 416 g/mol. The Kier molecular flexibility index (Phi) is 5.31. The number of amides is 1. The van der Waals surface area contributed by atoms with Crippen LogP contribution in [-0.2, 0) is 10.2 Å². The summed E-state index contributed by atoms with van der Waals surface area (Å²) < 4.78 is 7.55. The average Bonchev–Trinajstić information content (AvgIpc) is 3.58. The molecule has 3 heterocycles. The van der Waals surface area contributed by atoms with Gasteiger partial charge in [-0.3, -0.25) is 9.36 Å². The number of carbonyl (C=O) groups excluding carboxylic acids is 1. The fraction of sp³-hybridized carbons (Fsp3) is 0.440. The third-order valence-corrected chi connectivity index (χ3v) is 6.98. The normalized spacial score (nSPS) is 17.2. The molecule has 0 radical (unpaired) electrons. The van der Waals surface area contributed by atoms with Gasteiger partial charge in [0, 0.05) is 43.5 Å². The zero-order chi connectivity index (χ0) is 23.2. The largest absolute Gasteiger partial charge is 0.496 e. The molecule has 1 aliphatic heterocycles. The number of nitrogens with zero attached hydrogens (tertiary/aromatic N) is 6. The Morgan fingerprint density at radius 2 is 1.70 bits per heavy atom. The smallest absolute Gasteiger partial charge is 0.233 e. The number of carbonyl (C=O) groups is 1. The number of imidazole rings is 1. The van der Waals surface area contributed by atoms with E-state index < -0.39 is 5.41 Å². The van der Waals surface area contributed by atoms with Crippen molar-refractivity contribution in [2.75, 3.05) is 38.2 Å². The van der Waals surface area contributed by atoms with Gasteiger partial charge in [0.25, 0.3) is 0 Å². The van der Waals surface area contributed by atoms with Gasteiger partial charge in [-0.05, 0) is 39.7 Å². The molecular formula is C25H30N6O2. The monoisotopic (exact) mass is 446 g/mol. The first-order chi connectivity index (χ1) is 15.9. The Morgan fingerprint density at radius 3 is 2.33 bits per heavy atom. The number of piperazine rings is 1. The standard InChI is InChI=1S/C25H30N6O2/c1-17-18(2)31(16-26-17)23-15-22(27-19(3)28-23)29-11-13-30(14-12-29)24(32)25(9-10-25)20-7-5-6-8-21(20)33-4/h5-8,15-16H,9-14H2,1-4H3. The summed E-state index contributed by atoms with van der Waals surface area (Å²) in [4.78, 5) is 31.5. The topological polar surface area (TPSA) is 76.4 Å². The Bertz CT molecular complexity index is 1190. The molecule has 1 aromatic carbocycles. The van der Waals surface area contributed by atoms with Crippen LogP contribution in [0, 0.1) is 20.8 Å². The summed E-state index contributed by atoms with van der Waals surface area (Å²) in [5, 5.41) is 0. The van der Waals surface area contributed by atoms with Crippen molar-refractivity contribution in [1.82, 2.24) is 24.4 Å². The van der Waals surface area contributed by atoms with E-state index in [0.717, 1.165) is 66.1 Å². The molecule has 3 aromatic rings. The number of anilines is 1. The van der Waals surface area contributed by atoms with E-state index in [1.54, 1.807) is 13.4 Å². The van der Waals surface area contributed by atoms with E-state index in [-0.39, 0.29) is 5.91 Å². The summed E-state index contributed by atoms with van der Waals surface area (Å²) in [5.74, 6) is 3.45. The number of aryl methyl sites for hydroxylation is 2. The molecule has 1 aliphatic carbocycles. The highest BCUT2D eigenvalue weighted by Crippen LogP contribution is 2.52. The summed E-state index contributed by atoms with van der Waals surface area (Å²) >= 11 is 0. The molecule has 33 heavy (non-hydrogen) atoms. The lowest BCUT2D eigenvalue weighted by Gasteiger charge is -2.37. The molecule has 2 aromatic heterocycles. The number of ether oxygens (including phenoxy) is 1. The lowest BCUT2D eigenvalue weighted by atomic mass is 9.93. The molecule has 1 amide bonds. The minimum Gasteiger partial charge on any atom is -0.496 e. The van der Waals surface area contributed by atoms with Crippen LogP contribution in [0.5, 0.6) is 5.75 Å². The zero-order valence-electron chi connectivity index (χ0n) is 19.7. The number of aromatic nitrogens is 4. The summed E-state index contributed by atoms with van der Waals surface area (Å²) in [6.07, 6.45) is 3.56. The van der Waals surface area contributed by atoms with Gasteiger partial charge in [-0.1, -0.05) is 18.2 Å². The van der Waals surface area contributed by atoms with E-state index in [0.29, 0.717) is 13.1 Å². The second-order valence-electron chi connectivity index (χ2n) is 8.98. The van der Waals surface area contributed by atoms with Gasteiger partial charge >= 0.3 is 0 Å². The van der Waals surface area contributed by atoms with Crippen molar-refractivity contribution in [2.45, 2.75) is 39.0 Å². The first-order valence-corrected chi connectivity index (χ1v) is 11.5. The van der Waals surface area contributed by atoms with E-state index in [9.17, 15) is 4.79 Å². The first kappa shape index (κ1) is 21.4. The van der Waals surface area contributed by atoms with Gasteiger partial charge in [0.2, 0.25) is 5.91 Å². The maximum atomic E-state index is 13.5. The fourth-order valence-corrected chi connectivity index (χ4v) is 4.76. The van der Waals surface area contributed by atoms with Gasteiger partial charge in [0.05, 0.1) is 18.2 Å². The van der Waals surface area contributed by atoms with Gasteiger partial charge in [0.1, 0.15) is 29.5 Å². The van der Waals surface area contributed by atoms with Gasteiger partial charge in [0.15, 0.2) is 0 Å². The van der Waals surface area contributed by atoms with E-state index >= 15 is 0 Å². The molecule has 2 aliphatic rings. The third-order valence-electron chi connectivity index (χ3n) is 6.98.